The van der Waals surface area contributed by atoms with Gasteiger partial charge in [-0.15, -0.1) is 0 Å². The molecule has 0 bridgehead atoms. The molecular weight excluding hydrogens is 701 g/mol. The monoisotopic (exact) mass is 783 g/mol. The Labute approximate surface area is 334 Å². The van der Waals surface area contributed by atoms with Crippen LogP contribution < -0.4 is 0 Å². The number of esters is 1. The molecule has 0 N–H and O–H groups in total. The van der Waals surface area contributed by atoms with Crippen molar-refractivity contribution in [2.45, 2.75) is 225 Å². The number of fused-ring (bicyclic) bond motifs is 1. The number of hydrogen-bond donors (Lipinski definition) is 0. The third kappa shape index (κ3) is 11.9. The van der Waals surface area contributed by atoms with Gasteiger partial charge in [-0.05, 0) is 129 Å². The molecule has 4 aliphatic rings. The summed E-state index contributed by atoms with van der Waals surface area (Å²) >= 11 is 0. The van der Waals surface area contributed by atoms with Crippen molar-refractivity contribution in [1.82, 2.24) is 0 Å². The molecule has 5 nitrogen and oxygen atoms in total. The van der Waals surface area contributed by atoms with Gasteiger partial charge in [0, 0.05) is 6.42 Å². The first-order valence-electron chi connectivity index (χ1n) is 22.1. The maximum atomic E-state index is 13.1. The second kappa shape index (κ2) is 19.0. The van der Waals surface area contributed by atoms with Gasteiger partial charge in [0.15, 0.2) is 16.6 Å². The number of hydrogen-bond acceptors (Lipinski definition) is 5. The van der Waals surface area contributed by atoms with Crippen molar-refractivity contribution >= 4 is 22.6 Å². The fourth-order valence-corrected chi connectivity index (χ4v) is 11.7. The quantitative estimate of drug-likeness (QED) is 0.125. The van der Waals surface area contributed by atoms with Gasteiger partial charge in [0.05, 0.1) is 18.3 Å². The second-order valence-electron chi connectivity index (χ2n) is 20.8. The summed E-state index contributed by atoms with van der Waals surface area (Å²) in [5.41, 5.74) is 5.35. The molecule has 5 atom stereocenters. The molecule has 308 valence electrons. The summed E-state index contributed by atoms with van der Waals surface area (Å²) in [6, 6.07) is 0. The van der Waals surface area contributed by atoms with Gasteiger partial charge in [0.2, 0.25) is 0 Å². The highest BCUT2D eigenvalue weighted by Gasteiger charge is 2.47. The fraction of sp³-hybridized carbons (Fsp3) is 0.809. The molecule has 3 saturated carbocycles. The average molecular weight is 783 g/mol. The van der Waals surface area contributed by atoms with Gasteiger partial charge >= 0.3 is 5.97 Å². The topological polar surface area (TPSA) is 54.0 Å². The van der Waals surface area contributed by atoms with Crippen molar-refractivity contribution in [2.75, 3.05) is 6.61 Å². The van der Waals surface area contributed by atoms with E-state index in [1.165, 1.54) is 61.7 Å². The summed E-state index contributed by atoms with van der Waals surface area (Å²) in [4.78, 5) is 13.1. The van der Waals surface area contributed by atoms with Crippen molar-refractivity contribution in [1.29, 1.82) is 0 Å². The third-order valence-electron chi connectivity index (χ3n) is 14.6. The lowest BCUT2D eigenvalue weighted by Gasteiger charge is -2.45. The van der Waals surface area contributed by atoms with E-state index in [0.29, 0.717) is 5.92 Å². The Bertz CT molecular complexity index is 1350. The summed E-state index contributed by atoms with van der Waals surface area (Å²) in [6.45, 7) is 32.7. The largest absolute Gasteiger partial charge is 0.461 e. The summed E-state index contributed by atoms with van der Waals surface area (Å²) < 4.78 is 26.6. The highest BCUT2D eigenvalue weighted by Crippen LogP contribution is 2.56. The third-order valence-corrected chi connectivity index (χ3v) is 23.6. The van der Waals surface area contributed by atoms with Gasteiger partial charge in [-0.1, -0.05) is 124 Å². The first-order chi connectivity index (χ1) is 25.1. The van der Waals surface area contributed by atoms with E-state index in [1.54, 1.807) is 0 Å². The van der Waals surface area contributed by atoms with Crippen molar-refractivity contribution < 1.29 is 23.1 Å². The molecule has 7 heteroatoms. The zero-order chi connectivity index (χ0) is 40.0. The molecule has 0 spiro atoms. The van der Waals surface area contributed by atoms with E-state index in [2.05, 4.69) is 106 Å². The van der Waals surface area contributed by atoms with Crippen LogP contribution in [0.15, 0.2) is 47.1 Å². The molecule has 0 heterocycles. The van der Waals surface area contributed by atoms with Crippen LogP contribution in [0.3, 0.4) is 0 Å². The molecular formula is C47H82O5Si2. The van der Waals surface area contributed by atoms with Crippen molar-refractivity contribution in [2.24, 2.45) is 11.3 Å². The lowest BCUT2D eigenvalue weighted by Crippen LogP contribution is -2.49. The van der Waals surface area contributed by atoms with Crippen molar-refractivity contribution in [3.8, 4) is 0 Å². The number of ether oxygens (including phenoxy) is 2. The molecule has 0 amide bonds. The SMILES string of the molecule is C=C1/C(=C\C=C2/CCC[C@]3(C)C(C(C)OCC(=O)OC4CCCCCCCCCCC4)=CC[C@@H]23)C[C@@H](O[Si](C)(C)C(C)(C)C)C[C@@H]1O[Si](C)(C)C(C)(C)C. The lowest BCUT2D eigenvalue weighted by atomic mass is 9.63. The van der Waals surface area contributed by atoms with Crippen molar-refractivity contribution in [3.63, 3.8) is 0 Å². The maximum absolute atomic E-state index is 13.1. The van der Waals surface area contributed by atoms with Crippen LogP contribution in [0, 0.1) is 11.3 Å². The van der Waals surface area contributed by atoms with Crippen LogP contribution in [-0.4, -0.2) is 53.6 Å². The molecule has 0 aromatic carbocycles. The van der Waals surface area contributed by atoms with Crippen LogP contribution in [0.4, 0.5) is 0 Å². The maximum Gasteiger partial charge on any atom is 0.332 e. The zero-order valence-corrected chi connectivity index (χ0v) is 39.1. The lowest BCUT2D eigenvalue weighted by molar-refractivity contribution is -0.156. The Morgan fingerprint density at radius 2 is 1.41 bits per heavy atom. The predicted octanol–water partition coefficient (Wildman–Crippen LogP) is 13.7. The number of allylic oxidation sites excluding steroid dienone is 4. The summed E-state index contributed by atoms with van der Waals surface area (Å²) in [5, 5.41) is 0.274. The molecule has 0 aromatic rings. The summed E-state index contributed by atoms with van der Waals surface area (Å²) in [7, 11) is -3.99. The predicted molar refractivity (Wildman–Crippen MR) is 233 cm³/mol. The Morgan fingerprint density at radius 1 is 0.852 bits per heavy atom. The second-order valence-corrected chi connectivity index (χ2v) is 30.3. The van der Waals surface area contributed by atoms with Gasteiger partial charge < -0.3 is 18.3 Å². The van der Waals surface area contributed by atoms with Crippen LogP contribution in [0.1, 0.15) is 165 Å². The van der Waals surface area contributed by atoms with Crippen LogP contribution in [-0.2, 0) is 23.1 Å². The highest BCUT2D eigenvalue weighted by atomic mass is 28.4. The molecule has 54 heavy (non-hydrogen) atoms. The van der Waals surface area contributed by atoms with E-state index in [4.69, 9.17) is 18.3 Å². The Balaban J connectivity index is 1.44. The smallest absolute Gasteiger partial charge is 0.332 e. The first kappa shape index (κ1) is 45.4. The van der Waals surface area contributed by atoms with Crippen molar-refractivity contribution in [3.05, 3.63) is 47.1 Å². The molecule has 0 radical (unpaired) electrons. The Hall–Kier alpha value is -1.26. The fourth-order valence-electron chi connectivity index (χ4n) is 8.99. The normalized spacial score (nSPS) is 29.7. The van der Waals surface area contributed by atoms with E-state index in [1.807, 2.05) is 0 Å². The van der Waals surface area contributed by atoms with Gasteiger partial charge in [0.25, 0.3) is 0 Å². The number of carbonyl (C=O) groups is 1. The molecule has 3 fully saturated rings. The summed E-state index contributed by atoms with van der Waals surface area (Å²) in [6.07, 6.45) is 26.9. The van der Waals surface area contributed by atoms with Gasteiger partial charge in [-0.25, -0.2) is 4.79 Å². The molecule has 1 unspecified atom stereocenters. The molecule has 0 aromatic heterocycles. The van der Waals surface area contributed by atoms with E-state index < -0.39 is 16.6 Å². The van der Waals surface area contributed by atoms with Gasteiger partial charge in [-0.3, -0.25) is 0 Å². The Morgan fingerprint density at radius 3 is 1.98 bits per heavy atom. The van der Waals surface area contributed by atoms with E-state index in [9.17, 15) is 4.79 Å². The first-order valence-corrected chi connectivity index (χ1v) is 27.9. The van der Waals surface area contributed by atoms with E-state index in [0.717, 1.165) is 69.8 Å². The molecule has 4 aliphatic carbocycles. The van der Waals surface area contributed by atoms with E-state index >= 15 is 0 Å². The zero-order valence-electron chi connectivity index (χ0n) is 37.1. The Kier molecular flexibility index (Phi) is 16.0. The molecule has 4 rings (SSSR count). The van der Waals surface area contributed by atoms with E-state index in [-0.39, 0.29) is 52.5 Å². The van der Waals surface area contributed by atoms with Crippen LogP contribution in [0.25, 0.3) is 0 Å². The minimum absolute atomic E-state index is 0.0182. The minimum Gasteiger partial charge on any atom is -0.461 e. The highest BCUT2D eigenvalue weighted by molar-refractivity contribution is 6.74. The van der Waals surface area contributed by atoms with Crippen LogP contribution >= 0.6 is 0 Å². The molecule has 0 aliphatic heterocycles. The number of carbonyl (C=O) groups excluding carboxylic acids is 1. The molecule has 0 saturated heterocycles. The number of rotatable bonds is 10. The average Bonchev–Trinajstić information content (AvgIpc) is 3.42. The summed E-state index contributed by atoms with van der Waals surface area (Å²) in [5.74, 6) is 0.247. The van der Waals surface area contributed by atoms with Gasteiger partial charge in [-0.2, -0.15) is 0 Å². The van der Waals surface area contributed by atoms with Crippen LogP contribution in [0.2, 0.25) is 36.3 Å². The minimum atomic E-state index is -2.02. The van der Waals surface area contributed by atoms with Gasteiger partial charge in [0.1, 0.15) is 12.7 Å². The van der Waals surface area contributed by atoms with Crippen LogP contribution in [0.5, 0.6) is 0 Å². The standard InChI is InChI=1S/C47H82O5Si2/c1-35-38(32-40(51-53(10,11)45(3,4)5)33-43(35)52-54(12,13)46(6,7)8)28-27-37-24-23-31-47(9)41(29-30-42(37)47)36(2)49-34-44(48)50-39-25-21-19-17-15-14-16-18-20-22-26-39/h27-29,36,39-40,42-43H,1,14-26,30-34H2,2-13H3/b37-27+,38-28-/t36?,40-,42+,43+,47-/m1/s1.